The summed E-state index contributed by atoms with van der Waals surface area (Å²) in [4.78, 5) is 6.38. The van der Waals surface area contributed by atoms with Crippen molar-refractivity contribution in [2.75, 3.05) is 13.1 Å². The van der Waals surface area contributed by atoms with Crippen LogP contribution in [-0.2, 0) is 0 Å². The average molecular weight is 266 g/mol. The second-order valence-electron chi connectivity index (χ2n) is 5.27. The highest BCUT2D eigenvalue weighted by molar-refractivity contribution is 5.08. The molecule has 1 fully saturated rings. The summed E-state index contributed by atoms with van der Waals surface area (Å²) in [5, 5.41) is 10.1. The maximum atomic E-state index is 12.8. The van der Waals surface area contributed by atoms with Gasteiger partial charge >= 0.3 is 0 Å². The second kappa shape index (κ2) is 6.96. The molecule has 19 heavy (non-hydrogen) atoms. The van der Waals surface area contributed by atoms with E-state index >= 15 is 0 Å². The van der Waals surface area contributed by atoms with Gasteiger partial charge in [-0.1, -0.05) is 19.8 Å². The van der Waals surface area contributed by atoms with E-state index in [9.17, 15) is 9.50 Å². The van der Waals surface area contributed by atoms with Crippen molar-refractivity contribution < 1.29 is 9.50 Å². The maximum absolute atomic E-state index is 12.8. The number of hydrogen-bond donors (Lipinski definition) is 1. The van der Waals surface area contributed by atoms with Gasteiger partial charge in [0.2, 0.25) is 0 Å². The van der Waals surface area contributed by atoms with Crippen LogP contribution in [0.4, 0.5) is 4.39 Å². The smallest absolute Gasteiger partial charge is 0.141 e. The molecule has 1 aromatic heterocycles. The van der Waals surface area contributed by atoms with Crippen LogP contribution >= 0.6 is 0 Å². The molecule has 1 aromatic rings. The lowest BCUT2D eigenvalue weighted by atomic mass is 10.1. The minimum absolute atomic E-state index is 0.364. The van der Waals surface area contributed by atoms with Crippen LogP contribution < -0.4 is 0 Å². The summed E-state index contributed by atoms with van der Waals surface area (Å²) < 4.78 is 12.8. The highest BCUT2D eigenvalue weighted by Gasteiger charge is 2.22. The van der Waals surface area contributed by atoms with Gasteiger partial charge in [0.25, 0.3) is 0 Å². The number of halogens is 1. The molecular formula is C15H23FN2O. The molecule has 1 unspecified atom stereocenters. The first-order valence-corrected chi connectivity index (χ1v) is 7.24. The Morgan fingerprint density at radius 2 is 2.16 bits per heavy atom. The Morgan fingerprint density at radius 3 is 2.74 bits per heavy atom. The van der Waals surface area contributed by atoms with Crippen molar-refractivity contribution in [2.24, 2.45) is 0 Å². The minimum atomic E-state index is -0.601. The maximum Gasteiger partial charge on any atom is 0.141 e. The molecule has 1 heterocycles. The first-order valence-electron chi connectivity index (χ1n) is 7.24. The number of aliphatic hydroxyl groups excluding tert-OH is 1. The fraction of sp³-hybridized carbons (Fsp3) is 0.667. The first kappa shape index (κ1) is 14.4. The van der Waals surface area contributed by atoms with Gasteiger partial charge in [-0.3, -0.25) is 4.98 Å². The van der Waals surface area contributed by atoms with Crippen LogP contribution in [0.1, 0.15) is 50.8 Å². The Balaban J connectivity index is 1.84. The lowest BCUT2D eigenvalue weighted by Crippen LogP contribution is -2.34. The van der Waals surface area contributed by atoms with Gasteiger partial charge < -0.3 is 10.0 Å². The Kier molecular flexibility index (Phi) is 5.28. The van der Waals surface area contributed by atoms with E-state index in [0.717, 1.165) is 19.3 Å². The third kappa shape index (κ3) is 3.98. The summed E-state index contributed by atoms with van der Waals surface area (Å²) in [5.74, 6) is -0.364. The molecule has 4 heteroatoms. The van der Waals surface area contributed by atoms with E-state index in [1.807, 2.05) is 0 Å². The number of pyridine rings is 1. The molecule has 1 saturated carbocycles. The molecule has 1 atom stereocenters. The summed E-state index contributed by atoms with van der Waals surface area (Å²) >= 11 is 0. The van der Waals surface area contributed by atoms with Crippen LogP contribution in [-0.4, -0.2) is 34.1 Å². The number of aliphatic hydroxyl groups is 1. The molecule has 1 aliphatic rings. The highest BCUT2D eigenvalue weighted by Crippen LogP contribution is 2.24. The predicted octanol–water partition coefficient (Wildman–Crippen LogP) is 2.91. The zero-order chi connectivity index (χ0) is 13.7. The molecule has 2 rings (SSSR count). The normalized spacial score (nSPS) is 18.1. The average Bonchev–Trinajstić information content (AvgIpc) is 2.94. The molecule has 1 N–H and O–H groups in total. The van der Waals surface area contributed by atoms with Gasteiger partial charge in [0.15, 0.2) is 0 Å². The second-order valence-corrected chi connectivity index (χ2v) is 5.27. The zero-order valence-electron chi connectivity index (χ0n) is 11.6. The first-order chi connectivity index (χ1) is 9.20. The standard InChI is InChI=1S/C15H23FN2O/c1-2-18(13-5-3-4-6-13)10-9-15(19)14-8-7-12(16)11-17-14/h7-8,11,13,15,19H,2-6,9-10H2,1H3. The van der Waals surface area contributed by atoms with E-state index < -0.39 is 6.10 Å². The largest absolute Gasteiger partial charge is 0.387 e. The van der Waals surface area contributed by atoms with E-state index in [1.54, 1.807) is 6.07 Å². The van der Waals surface area contributed by atoms with Gasteiger partial charge in [-0.15, -0.1) is 0 Å². The van der Waals surface area contributed by atoms with E-state index in [2.05, 4.69) is 16.8 Å². The number of rotatable bonds is 6. The zero-order valence-corrected chi connectivity index (χ0v) is 11.6. The van der Waals surface area contributed by atoms with Crippen molar-refractivity contribution in [3.8, 4) is 0 Å². The molecule has 0 amide bonds. The summed E-state index contributed by atoms with van der Waals surface area (Å²) in [6.07, 6.45) is 6.41. The SMILES string of the molecule is CCN(CCC(O)c1ccc(F)cn1)C1CCCC1. The van der Waals surface area contributed by atoms with E-state index in [4.69, 9.17) is 0 Å². The fourth-order valence-corrected chi connectivity index (χ4v) is 2.89. The van der Waals surface area contributed by atoms with Gasteiger partial charge in [-0.05, 0) is 37.9 Å². The van der Waals surface area contributed by atoms with Crippen LogP contribution in [0.15, 0.2) is 18.3 Å². The van der Waals surface area contributed by atoms with Gasteiger partial charge in [0, 0.05) is 12.6 Å². The predicted molar refractivity (Wildman–Crippen MR) is 73.3 cm³/mol. The highest BCUT2D eigenvalue weighted by atomic mass is 19.1. The van der Waals surface area contributed by atoms with Crippen LogP contribution in [0, 0.1) is 5.82 Å². The summed E-state index contributed by atoms with van der Waals surface area (Å²) in [7, 11) is 0. The van der Waals surface area contributed by atoms with Crippen LogP contribution in [0.5, 0.6) is 0 Å². The minimum Gasteiger partial charge on any atom is -0.387 e. The summed E-state index contributed by atoms with van der Waals surface area (Å²) in [6, 6.07) is 3.59. The van der Waals surface area contributed by atoms with Crippen LogP contribution in [0.25, 0.3) is 0 Å². The van der Waals surface area contributed by atoms with Crippen molar-refractivity contribution in [2.45, 2.75) is 51.2 Å². The third-order valence-electron chi connectivity index (χ3n) is 4.03. The molecule has 3 nitrogen and oxygen atoms in total. The van der Waals surface area contributed by atoms with Crippen molar-refractivity contribution in [1.82, 2.24) is 9.88 Å². The van der Waals surface area contributed by atoms with Crippen molar-refractivity contribution in [1.29, 1.82) is 0 Å². The Bertz CT molecular complexity index is 376. The van der Waals surface area contributed by atoms with Gasteiger partial charge in [0.05, 0.1) is 18.0 Å². The van der Waals surface area contributed by atoms with Crippen LogP contribution in [0.3, 0.4) is 0 Å². The Morgan fingerprint density at radius 1 is 1.42 bits per heavy atom. The van der Waals surface area contributed by atoms with Crippen molar-refractivity contribution in [3.63, 3.8) is 0 Å². The molecule has 0 spiro atoms. The lowest BCUT2D eigenvalue weighted by molar-refractivity contribution is 0.124. The molecule has 106 valence electrons. The van der Waals surface area contributed by atoms with E-state index in [0.29, 0.717) is 18.2 Å². The Hall–Kier alpha value is -1.00. The molecule has 0 saturated heterocycles. The molecule has 0 aromatic carbocycles. The monoisotopic (exact) mass is 266 g/mol. The summed E-state index contributed by atoms with van der Waals surface area (Å²) in [6.45, 7) is 4.07. The number of aromatic nitrogens is 1. The summed E-state index contributed by atoms with van der Waals surface area (Å²) in [5.41, 5.74) is 0.559. The van der Waals surface area contributed by atoms with Crippen molar-refractivity contribution >= 4 is 0 Å². The molecule has 0 radical (unpaired) electrons. The van der Waals surface area contributed by atoms with Crippen LogP contribution in [0.2, 0.25) is 0 Å². The van der Waals surface area contributed by atoms with Gasteiger partial charge in [-0.2, -0.15) is 0 Å². The number of hydrogen-bond acceptors (Lipinski definition) is 3. The quantitative estimate of drug-likeness (QED) is 0.860. The topological polar surface area (TPSA) is 36.4 Å². The molecule has 0 aliphatic heterocycles. The molecule has 0 bridgehead atoms. The fourth-order valence-electron chi connectivity index (χ4n) is 2.89. The van der Waals surface area contributed by atoms with Crippen molar-refractivity contribution in [3.05, 3.63) is 29.8 Å². The third-order valence-corrected chi connectivity index (χ3v) is 4.03. The lowest BCUT2D eigenvalue weighted by Gasteiger charge is -2.28. The van der Waals surface area contributed by atoms with Gasteiger partial charge in [-0.25, -0.2) is 4.39 Å². The number of nitrogens with zero attached hydrogens (tertiary/aromatic N) is 2. The molecule has 1 aliphatic carbocycles. The van der Waals surface area contributed by atoms with E-state index in [-0.39, 0.29) is 5.82 Å². The molecular weight excluding hydrogens is 243 g/mol. The van der Waals surface area contributed by atoms with E-state index in [1.165, 1.54) is 31.7 Å². The van der Waals surface area contributed by atoms with Gasteiger partial charge in [0.1, 0.15) is 5.82 Å². The Labute approximate surface area is 114 Å².